The molecule has 3 aromatic rings. The average Bonchev–Trinajstić information content (AvgIpc) is 3.60. The molecule has 2 aromatic heterocycles. The van der Waals surface area contributed by atoms with E-state index in [9.17, 15) is 21.2 Å². The number of thiophene rings is 1. The lowest BCUT2D eigenvalue weighted by atomic mass is 10.0. The van der Waals surface area contributed by atoms with Crippen molar-refractivity contribution in [2.24, 2.45) is 0 Å². The summed E-state index contributed by atoms with van der Waals surface area (Å²) in [7, 11) is -7.18. The number of fused-ring (bicyclic) bond motifs is 2. The molecule has 0 amide bonds. The summed E-state index contributed by atoms with van der Waals surface area (Å²) in [4.78, 5) is 8.27. The fourth-order valence-corrected chi connectivity index (χ4v) is 10.5. The van der Waals surface area contributed by atoms with Gasteiger partial charge >= 0.3 is 0 Å². The normalized spacial score (nSPS) is 23.6. The van der Waals surface area contributed by atoms with Crippen molar-refractivity contribution in [2.45, 2.75) is 78.0 Å². The number of rotatable bonds is 8. The highest BCUT2D eigenvalue weighted by atomic mass is 35.5. The van der Waals surface area contributed by atoms with Gasteiger partial charge in [0.05, 0.1) is 20.0 Å². The molecule has 9 nitrogen and oxygen atoms in total. The monoisotopic (exact) mass is 613 g/mol. The predicted octanol–water partition coefficient (Wildman–Crippen LogP) is 5.13. The topological polar surface area (TPSA) is 116 Å². The standard InChI is InChI=1S/C25H25ClFN3O6S3/c1-14-24(28-13-29-25(14)36-21-7-6-19(12-20(21)27)38(31,32)18-4-5-18)35-17-10-15-2-3-16(11-17)30(15)39(33,34)23-9-8-22(26)37-23/h6-9,12-13,15-18H,2-5,10-11H2,1H3/t15-,16?,17+/m0/s1. The molecule has 14 heteroatoms. The van der Waals surface area contributed by atoms with Crippen LogP contribution in [-0.2, 0) is 19.9 Å². The van der Waals surface area contributed by atoms with E-state index in [4.69, 9.17) is 21.1 Å². The molecule has 0 radical (unpaired) electrons. The van der Waals surface area contributed by atoms with Gasteiger partial charge in [-0.25, -0.2) is 31.2 Å². The van der Waals surface area contributed by atoms with Gasteiger partial charge < -0.3 is 9.47 Å². The van der Waals surface area contributed by atoms with Crippen LogP contribution in [0, 0.1) is 12.7 Å². The van der Waals surface area contributed by atoms with E-state index in [2.05, 4.69) is 9.97 Å². The van der Waals surface area contributed by atoms with Crippen LogP contribution in [0.3, 0.4) is 0 Å². The van der Waals surface area contributed by atoms with Gasteiger partial charge in [-0.1, -0.05) is 11.6 Å². The van der Waals surface area contributed by atoms with Gasteiger partial charge in [0.2, 0.25) is 11.8 Å². The Morgan fingerprint density at radius 1 is 1.00 bits per heavy atom. The molecule has 0 N–H and O–H groups in total. The zero-order valence-electron chi connectivity index (χ0n) is 20.8. The Bertz CT molecular complexity index is 1630. The van der Waals surface area contributed by atoms with Crippen molar-refractivity contribution in [3.05, 3.63) is 52.4 Å². The van der Waals surface area contributed by atoms with Crippen molar-refractivity contribution in [1.82, 2.24) is 14.3 Å². The van der Waals surface area contributed by atoms with E-state index >= 15 is 0 Å². The van der Waals surface area contributed by atoms with Crippen LogP contribution in [-0.4, -0.2) is 54.5 Å². The zero-order valence-corrected chi connectivity index (χ0v) is 24.0. The molecule has 1 aliphatic carbocycles. The molecule has 2 bridgehead atoms. The van der Waals surface area contributed by atoms with E-state index in [1.54, 1.807) is 23.4 Å². The first-order chi connectivity index (χ1) is 18.5. The molecular formula is C25H25ClFN3O6S3. The van der Waals surface area contributed by atoms with Gasteiger partial charge in [-0.3, -0.25) is 0 Å². The lowest BCUT2D eigenvalue weighted by molar-refractivity contribution is 0.0908. The Morgan fingerprint density at radius 2 is 1.69 bits per heavy atom. The van der Waals surface area contributed by atoms with E-state index in [1.807, 2.05) is 0 Å². The first kappa shape index (κ1) is 26.9. The van der Waals surface area contributed by atoms with Crippen molar-refractivity contribution < 1.29 is 30.7 Å². The molecular weight excluding hydrogens is 589 g/mol. The highest BCUT2D eigenvalue weighted by Crippen LogP contribution is 2.43. The maximum absolute atomic E-state index is 14.8. The molecule has 1 unspecified atom stereocenters. The molecule has 39 heavy (non-hydrogen) atoms. The molecule has 3 atom stereocenters. The van der Waals surface area contributed by atoms with Crippen LogP contribution in [0.5, 0.6) is 17.5 Å². The Balaban J connectivity index is 1.16. The lowest BCUT2D eigenvalue weighted by Gasteiger charge is -2.37. The molecule has 1 saturated carbocycles. The van der Waals surface area contributed by atoms with Crippen molar-refractivity contribution in [3.63, 3.8) is 0 Å². The number of benzene rings is 1. The third-order valence-electron chi connectivity index (χ3n) is 7.37. The third kappa shape index (κ3) is 5.03. The number of hydrogen-bond donors (Lipinski definition) is 0. The van der Waals surface area contributed by atoms with E-state index < -0.39 is 30.9 Å². The Morgan fingerprint density at radius 3 is 2.31 bits per heavy atom. The summed E-state index contributed by atoms with van der Waals surface area (Å²) in [6.45, 7) is 1.68. The SMILES string of the molecule is Cc1c(Oc2ccc(S(=O)(=O)C3CC3)cc2F)ncnc1O[C@H]1CC2CC[C@@H](C1)N2S(=O)(=O)c1ccc(Cl)s1. The Hall–Kier alpha value is -2.32. The summed E-state index contributed by atoms with van der Waals surface area (Å²) in [5.74, 6) is -0.634. The Kier molecular flexibility index (Phi) is 6.86. The largest absolute Gasteiger partial charge is 0.474 e. The number of hydrogen-bond acceptors (Lipinski definition) is 9. The van der Waals surface area contributed by atoms with Gasteiger partial charge in [-0.05, 0) is 62.9 Å². The lowest BCUT2D eigenvalue weighted by Crippen LogP contribution is -2.49. The summed E-state index contributed by atoms with van der Waals surface area (Å²) in [5.41, 5.74) is 0.446. The predicted molar refractivity (Wildman–Crippen MR) is 142 cm³/mol. The van der Waals surface area contributed by atoms with Gasteiger partial charge in [0.15, 0.2) is 21.4 Å². The van der Waals surface area contributed by atoms with E-state index in [1.165, 1.54) is 18.5 Å². The maximum atomic E-state index is 14.8. The zero-order chi connectivity index (χ0) is 27.5. The van der Waals surface area contributed by atoms with Crippen LogP contribution in [0.1, 0.15) is 44.1 Å². The first-order valence-electron chi connectivity index (χ1n) is 12.5. The van der Waals surface area contributed by atoms with Gasteiger partial charge in [0.25, 0.3) is 10.0 Å². The fourth-order valence-electron chi connectivity index (χ4n) is 5.33. The summed E-state index contributed by atoms with van der Waals surface area (Å²) in [6, 6.07) is 6.32. The Labute approximate surface area is 234 Å². The minimum absolute atomic E-state index is 0.0663. The number of sulfone groups is 1. The molecule has 2 saturated heterocycles. The van der Waals surface area contributed by atoms with Crippen molar-refractivity contribution in [1.29, 1.82) is 0 Å². The summed E-state index contributed by atoms with van der Waals surface area (Å²) in [5, 5.41) is -0.441. The number of nitrogens with zero attached hydrogens (tertiary/aromatic N) is 3. The summed E-state index contributed by atoms with van der Waals surface area (Å²) >= 11 is 7.03. The third-order valence-corrected chi connectivity index (χ3v) is 13.3. The fraction of sp³-hybridized carbons (Fsp3) is 0.440. The van der Waals surface area contributed by atoms with E-state index in [0.717, 1.165) is 30.2 Å². The summed E-state index contributed by atoms with van der Waals surface area (Å²) in [6.07, 6.45) is 4.63. The molecule has 1 aromatic carbocycles. The van der Waals surface area contributed by atoms with Crippen LogP contribution in [0.15, 0.2) is 45.8 Å². The van der Waals surface area contributed by atoms with Crippen molar-refractivity contribution in [2.75, 3.05) is 0 Å². The van der Waals surface area contributed by atoms with Crippen LogP contribution < -0.4 is 9.47 Å². The average molecular weight is 614 g/mol. The summed E-state index contributed by atoms with van der Waals surface area (Å²) < 4.78 is 80.3. The van der Waals surface area contributed by atoms with E-state index in [-0.39, 0.29) is 44.8 Å². The van der Waals surface area contributed by atoms with Crippen molar-refractivity contribution in [3.8, 4) is 17.5 Å². The highest BCUT2D eigenvalue weighted by Gasteiger charge is 2.48. The second kappa shape index (κ2) is 9.95. The van der Waals surface area contributed by atoms with Gasteiger partial charge in [0, 0.05) is 24.9 Å². The smallest absolute Gasteiger partial charge is 0.253 e. The number of ether oxygens (including phenoxy) is 2. The van der Waals surface area contributed by atoms with Gasteiger partial charge in [0.1, 0.15) is 16.6 Å². The van der Waals surface area contributed by atoms with Crippen LogP contribution >= 0.6 is 22.9 Å². The van der Waals surface area contributed by atoms with Gasteiger partial charge in [-0.15, -0.1) is 11.3 Å². The molecule has 2 aliphatic heterocycles. The molecule has 3 fully saturated rings. The molecule has 4 heterocycles. The number of sulfonamides is 1. The molecule has 3 aliphatic rings. The van der Waals surface area contributed by atoms with Crippen molar-refractivity contribution >= 4 is 42.8 Å². The highest BCUT2D eigenvalue weighted by molar-refractivity contribution is 7.92. The number of piperidine rings is 1. The quantitative estimate of drug-likeness (QED) is 0.343. The minimum atomic E-state index is -3.65. The van der Waals surface area contributed by atoms with Crippen LogP contribution in [0.25, 0.3) is 0 Å². The number of aromatic nitrogens is 2. The van der Waals surface area contributed by atoms with Crippen LogP contribution in [0.2, 0.25) is 4.34 Å². The minimum Gasteiger partial charge on any atom is -0.474 e. The maximum Gasteiger partial charge on any atom is 0.253 e. The van der Waals surface area contributed by atoms with E-state index in [0.29, 0.717) is 35.6 Å². The second-order valence-electron chi connectivity index (χ2n) is 10.0. The number of halogens is 2. The first-order valence-corrected chi connectivity index (χ1v) is 16.7. The van der Waals surface area contributed by atoms with Gasteiger partial charge in [-0.2, -0.15) is 4.31 Å². The molecule has 0 spiro atoms. The second-order valence-corrected chi connectivity index (χ2v) is 16.1. The molecule has 208 valence electrons. The molecule has 6 rings (SSSR count). The van der Waals surface area contributed by atoms with Crippen LogP contribution in [0.4, 0.5) is 4.39 Å².